The van der Waals surface area contributed by atoms with Crippen LogP contribution in [0.15, 0.2) is 55.1 Å². The number of carbonyl (C=O) groups excluding carboxylic acids is 1. The SMILES string of the molecule is NC(=O)Cc1ccc(-c2ccccc2F)c2c3c([nH]c12)CCC(Oc1cncnc1)C3. The second-order valence-electron chi connectivity index (χ2n) is 7.78. The van der Waals surface area contributed by atoms with Gasteiger partial charge in [0.15, 0.2) is 5.75 Å². The highest BCUT2D eigenvalue weighted by atomic mass is 19.1. The van der Waals surface area contributed by atoms with Crippen LogP contribution in [0.2, 0.25) is 0 Å². The minimum atomic E-state index is -0.405. The van der Waals surface area contributed by atoms with E-state index in [0.717, 1.165) is 46.1 Å². The maximum Gasteiger partial charge on any atom is 0.221 e. The van der Waals surface area contributed by atoms with Gasteiger partial charge in [-0.1, -0.05) is 30.3 Å². The Morgan fingerprint density at radius 2 is 1.97 bits per heavy atom. The number of nitrogens with zero attached hydrogens (tertiary/aromatic N) is 2. The minimum absolute atomic E-state index is 0.0502. The third-order valence-corrected chi connectivity index (χ3v) is 5.75. The quantitative estimate of drug-likeness (QED) is 0.518. The van der Waals surface area contributed by atoms with Crippen LogP contribution in [0.1, 0.15) is 23.2 Å². The van der Waals surface area contributed by atoms with Crippen molar-refractivity contribution in [2.24, 2.45) is 5.73 Å². The van der Waals surface area contributed by atoms with Crippen LogP contribution in [0.3, 0.4) is 0 Å². The summed E-state index contributed by atoms with van der Waals surface area (Å²) in [4.78, 5) is 23.1. The summed E-state index contributed by atoms with van der Waals surface area (Å²) in [5.41, 5.74) is 10.6. The number of carbonyl (C=O) groups is 1. The fourth-order valence-electron chi connectivity index (χ4n) is 4.43. The molecule has 156 valence electrons. The van der Waals surface area contributed by atoms with Crippen molar-refractivity contribution in [3.8, 4) is 16.9 Å². The molecule has 0 spiro atoms. The predicted molar refractivity (Wildman–Crippen MR) is 115 cm³/mol. The van der Waals surface area contributed by atoms with Crippen LogP contribution >= 0.6 is 0 Å². The molecule has 0 fully saturated rings. The van der Waals surface area contributed by atoms with Crippen molar-refractivity contribution in [2.75, 3.05) is 0 Å². The monoisotopic (exact) mass is 416 g/mol. The first-order valence-corrected chi connectivity index (χ1v) is 10.2. The molecule has 1 aliphatic rings. The fourth-order valence-corrected chi connectivity index (χ4v) is 4.43. The summed E-state index contributed by atoms with van der Waals surface area (Å²) in [5.74, 6) is -0.0659. The minimum Gasteiger partial charge on any atom is -0.487 e. The summed E-state index contributed by atoms with van der Waals surface area (Å²) in [7, 11) is 0. The number of amides is 1. The van der Waals surface area contributed by atoms with E-state index in [9.17, 15) is 9.18 Å². The number of primary amides is 1. The molecule has 0 radical (unpaired) electrons. The van der Waals surface area contributed by atoms with Crippen LogP contribution in [-0.2, 0) is 24.1 Å². The molecule has 3 N–H and O–H groups in total. The van der Waals surface area contributed by atoms with Crippen LogP contribution in [0.4, 0.5) is 4.39 Å². The van der Waals surface area contributed by atoms with Gasteiger partial charge in [-0.2, -0.15) is 0 Å². The number of aromatic nitrogens is 3. The average Bonchev–Trinajstić information content (AvgIpc) is 3.15. The Hall–Kier alpha value is -3.74. The number of aromatic amines is 1. The Balaban J connectivity index is 1.63. The van der Waals surface area contributed by atoms with E-state index in [2.05, 4.69) is 15.0 Å². The highest BCUT2D eigenvalue weighted by molar-refractivity contribution is 6.01. The van der Waals surface area contributed by atoms with E-state index >= 15 is 0 Å². The summed E-state index contributed by atoms with van der Waals surface area (Å²) in [6.45, 7) is 0. The van der Waals surface area contributed by atoms with Gasteiger partial charge in [0.2, 0.25) is 5.91 Å². The van der Waals surface area contributed by atoms with Gasteiger partial charge in [0, 0.05) is 23.1 Å². The number of hydrogen-bond donors (Lipinski definition) is 2. The van der Waals surface area contributed by atoms with Gasteiger partial charge in [0.25, 0.3) is 0 Å². The topological polar surface area (TPSA) is 93.9 Å². The molecule has 6 nitrogen and oxygen atoms in total. The van der Waals surface area contributed by atoms with Crippen LogP contribution < -0.4 is 10.5 Å². The number of halogens is 1. The molecule has 1 amide bonds. The van der Waals surface area contributed by atoms with Gasteiger partial charge < -0.3 is 15.5 Å². The van der Waals surface area contributed by atoms with Gasteiger partial charge in [-0.15, -0.1) is 0 Å². The molecular formula is C24H21FN4O2. The summed E-state index contributed by atoms with van der Waals surface area (Å²) in [6, 6.07) is 10.5. The molecule has 0 aliphatic heterocycles. The number of benzene rings is 2. The molecule has 2 aromatic heterocycles. The van der Waals surface area contributed by atoms with Crippen molar-refractivity contribution in [3.05, 3.63) is 77.8 Å². The highest BCUT2D eigenvalue weighted by Gasteiger charge is 2.27. The third kappa shape index (κ3) is 3.63. The van der Waals surface area contributed by atoms with Crippen LogP contribution in [-0.4, -0.2) is 27.0 Å². The second kappa shape index (κ2) is 7.83. The zero-order chi connectivity index (χ0) is 21.4. The molecule has 4 aromatic rings. The van der Waals surface area contributed by atoms with E-state index in [1.807, 2.05) is 18.2 Å². The molecular weight excluding hydrogens is 395 g/mol. The van der Waals surface area contributed by atoms with Gasteiger partial charge >= 0.3 is 0 Å². The Labute approximate surface area is 178 Å². The smallest absolute Gasteiger partial charge is 0.221 e. The van der Waals surface area contributed by atoms with Crippen LogP contribution in [0, 0.1) is 5.82 Å². The first-order chi connectivity index (χ1) is 15.1. The number of hydrogen-bond acceptors (Lipinski definition) is 4. The lowest BCUT2D eigenvalue weighted by atomic mass is 9.89. The second-order valence-corrected chi connectivity index (χ2v) is 7.78. The van der Waals surface area contributed by atoms with E-state index in [4.69, 9.17) is 10.5 Å². The molecule has 5 rings (SSSR count). The van der Waals surface area contributed by atoms with Gasteiger partial charge in [-0.3, -0.25) is 4.79 Å². The molecule has 0 saturated heterocycles. The van der Waals surface area contributed by atoms with E-state index in [1.54, 1.807) is 24.5 Å². The lowest BCUT2D eigenvalue weighted by Crippen LogP contribution is -2.25. The number of H-pyrrole nitrogens is 1. The lowest BCUT2D eigenvalue weighted by Gasteiger charge is -2.24. The van der Waals surface area contributed by atoms with Crippen molar-refractivity contribution in [1.29, 1.82) is 0 Å². The molecule has 7 heteroatoms. The molecule has 0 saturated carbocycles. The van der Waals surface area contributed by atoms with Crippen molar-refractivity contribution < 1.29 is 13.9 Å². The van der Waals surface area contributed by atoms with Crippen LogP contribution in [0.5, 0.6) is 5.75 Å². The molecule has 2 aromatic carbocycles. The molecule has 1 unspecified atom stereocenters. The third-order valence-electron chi connectivity index (χ3n) is 5.75. The van der Waals surface area contributed by atoms with Gasteiger partial charge in [0.05, 0.1) is 24.3 Å². The Morgan fingerprint density at radius 1 is 1.16 bits per heavy atom. The Bertz CT molecular complexity index is 1270. The number of nitrogens with one attached hydrogen (secondary N) is 1. The Kier molecular flexibility index (Phi) is 4.86. The summed E-state index contributed by atoms with van der Waals surface area (Å²) < 4.78 is 20.8. The van der Waals surface area contributed by atoms with E-state index in [1.165, 1.54) is 12.4 Å². The standard InChI is InChI=1S/C24H21FN4O2/c25-20-4-2-1-3-17(20)18-7-5-14(9-22(26)30)24-23(18)19-10-15(6-8-21(19)29-24)31-16-11-27-13-28-12-16/h1-5,7,11-13,15,29H,6,8-10H2,(H2,26,30). The first kappa shape index (κ1) is 19.2. The number of rotatable bonds is 5. The summed E-state index contributed by atoms with van der Waals surface area (Å²) in [6.07, 6.45) is 7.10. The fraction of sp³-hybridized carbons (Fsp3) is 0.208. The van der Waals surface area contributed by atoms with Gasteiger partial charge in [-0.05, 0) is 35.6 Å². The number of fused-ring (bicyclic) bond motifs is 3. The maximum absolute atomic E-state index is 14.7. The normalized spacial score (nSPS) is 15.6. The van der Waals surface area contributed by atoms with Gasteiger partial charge in [0.1, 0.15) is 18.2 Å². The van der Waals surface area contributed by atoms with Crippen molar-refractivity contribution in [2.45, 2.75) is 31.8 Å². The average molecular weight is 416 g/mol. The number of nitrogens with two attached hydrogens (primary N) is 1. The molecule has 1 aliphatic carbocycles. The molecule has 2 heterocycles. The van der Waals surface area contributed by atoms with E-state index in [-0.39, 0.29) is 18.3 Å². The summed E-state index contributed by atoms with van der Waals surface area (Å²) >= 11 is 0. The summed E-state index contributed by atoms with van der Waals surface area (Å²) in [5, 5.41) is 0.927. The van der Waals surface area contributed by atoms with Crippen molar-refractivity contribution in [3.63, 3.8) is 0 Å². The number of aryl methyl sites for hydroxylation is 1. The molecule has 31 heavy (non-hydrogen) atoms. The first-order valence-electron chi connectivity index (χ1n) is 10.2. The van der Waals surface area contributed by atoms with Crippen molar-refractivity contribution in [1.82, 2.24) is 15.0 Å². The van der Waals surface area contributed by atoms with E-state index in [0.29, 0.717) is 17.7 Å². The van der Waals surface area contributed by atoms with Gasteiger partial charge in [-0.25, -0.2) is 14.4 Å². The zero-order valence-electron chi connectivity index (χ0n) is 16.8. The lowest BCUT2D eigenvalue weighted by molar-refractivity contribution is -0.117. The maximum atomic E-state index is 14.7. The number of ether oxygens (including phenoxy) is 1. The van der Waals surface area contributed by atoms with Crippen LogP contribution in [0.25, 0.3) is 22.0 Å². The molecule has 1 atom stereocenters. The molecule has 0 bridgehead atoms. The Morgan fingerprint density at radius 3 is 2.74 bits per heavy atom. The van der Waals surface area contributed by atoms with Crippen molar-refractivity contribution >= 4 is 16.8 Å². The highest BCUT2D eigenvalue weighted by Crippen LogP contribution is 2.39. The largest absolute Gasteiger partial charge is 0.487 e. The zero-order valence-corrected chi connectivity index (χ0v) is 16.8. The predicted octanol–water partition coefficient (Wildman–Crippen LogP) is 3.73. The van der Waals surface area contributed by atoms with E-state index < -0.39 is 5.91 Å².